The number of hydrogen-bond acceptors (Lipinski definition) is 9. The third-order valence-electron chi connectivity index (χ3n) is 5.23. The van der Waals surface area contributed by atoms with E-state index in [0.29, 0.717) is 59.5 Å². The van der Waals surface area contributed by atoms with Crippen LogP contribution in [0.2, 0.25) is 0 Å². The van der Waals surface area contributed by atoms with Crippen molar-refractivity contribution in [1.82, 2.24) is 20.4 Å². The lowest BCUT2D eigenvalue weighted by Crippen LogP contribution is -2.48. The van der Waals surface area contributed by atoms with Crippen molar-refractivity contribution in [3.8, 4) is 0 Å². The van der Waals surface area contributed by atoms with Crippen LogP contribution in [0.5, 0.6) is 0 Å². The van der Waals surface area contributed by atoms with Gasteiger partial charge < -0.3 is 34.3 Å². The van der Waals surface area contributed by atoms with E-state index in [1.807, 2.05) is 6.92 Å². The largest absolute Gasteiger partial charge is 0.387 e. The number of ether oxygens (including phenoxy) is 5. The molecule has 1 rings (SSSR count). The Kier molecular flexibility index (Phi) is 19.8. The van der Waals surface area contributed by atoms with E-state index in [0.717, 1.165) is 51.5 Å². The molecule has 0 aromatic carbocycles. The van der Waals surface area contributed by atoms with Gasteiger partial charge in [-0.05, 0) is 6.92 Å². The highest BCUT2D eigenvalue weighted by atomic mass is 19.1. The van der Waals surface area contributed by atoms with Crippen molar-refractivity contribution in [1.29, 1.82) is 0 Å². The molecule has 0 radical (unpaired) electrons. The molecule has 1 unspecified atom stereocenters. The van der Waals surface area contributed by atoms with Crippen molar-refractivity contribution in [2.75, 3.05) is 118 Å². The van der Waals surface area contributed by atoms with Gasteiger partial charge in [0.1, 0.15) is 6.17 Å². The minimum atomic E-state index is -1.17. The van der Waals surface area contributed by atoms with Gasteiger partial charge in [-0.1, -0.05) is 6.58 Å². The molecule has 0 aliphatic carbocycles. The Balaban J connectivity index is 1.81. The molecule has 1 aliphatic rings. The number of allylic oxidation sites excluding steroid dienone is 1. The molecule has 0 spiro atoms. The smallest absolute Gasteiger partial charge is 0.216 e. The summed E-state index contributed by atoms with van der Waals surface area (Å²) >= 11 is 0. The monoisotopic (exact) mass is 506 g/mol. The van der Waals surface area contributed by atoms with Crippen LogP contribution in [0.4, 0.5) is 4.39 Å². The molecule has 10 nitrogen and oxygen atoms in total. The second-order valence-corrected chi connectivity index (χ2v) is 8.45. The number of halogens is 1. The predicted octanol–water partition coefficient (Wildman–Crippen LogP) is 0.284. The average Bonchev–Trinajstić information content (AvgIpc) is 2.83. The summed E-state index contributed by atoms with van der Waals surface area (Å²) in [5, 5.41) is 5.55. The summed E-state index contributed by atoms with van der Waals surface area (Å²) in [7, 11) is 0. The second kappa shape index (κ2) is 21.9. The molecule has 0 aromatic rings. The van der Waals surface area contributed by atoms with Gasteiger partial charge in [0.05, 0.1) is 72.6 Å². The number of amides is 1. The van der Waals surface area contributed by atoms with Gasteiger partial charge in [0.15, 0.2) is 0 Å². The Hall–Kier alpha value is -1.34. The summed E-state index contributed by atoms with van der Waals surface area (Å²) < 4.78 is 41.0. The number of hydrogen-bond donors (Lipinski definition) is 2. The summed E-state index contributed by atoms with van der Waals surface area (Å²) in [5.41, 5.74) is 0.940. The Morgan fingerprint density at radius 3 is 1.71 bits per heavy atom. The maximum Gasteiger partial charge on any atom is 0.216 e. The van der Waals surface area contributed by atoms with Crippen molar-refractivity contribution in [2.45, 2.75) is 20.0 Å². The molecule has 1 aliphatic heterocycles. The van der Waals surface area contributed by atoms with Gasteiger partial charge in [-0.15, -0.1) is 0 Å². The lowest BCUT2D eigenvalue weighted by atomic mass is 10.3. The topological polar surface area (TPSA) is 93.8 Å². The van der Waals surface area contributed by atoms with Gasteiger partial charge in [0, 0.05) is 58.4 Å². The first-order chi connectivity index (χ1) is 17.0. The lowest BCUT2D eigenvalue weighted by Gasteiger charge is -2.34. The zero-order chi connectivity index (χ0) is 25.6. The molecule has 1 fully saturated rings. The molecule has 11 heteroatoms. The van der Waals surface area contributed by atoms with Crippen molar-refractivity contribution >= 4 is 5.91 Å². The first kappa shape index (κ1) is 31.7. The standard InChI is InChI=1S/C24H47FN4O6/c1-22(2)26-4-11-31-14-16-33-18-19-34-17-15-32-12-9-28-5-7-29(8-6-28)10-13-35-21-24(25)20-27-23(3)30/h24,26H,1,4-21H2,2-3H3,(H,27,30). The molecule has 1 atom stereocenters. The molecule has 35 heavy (non-hydrogen) atoms. The molecular weight excluding hydrogens is 459 g/mol. The van der Waals surface area contributed by atoms with Crippen molar-refractivity contribution in [2.24, 2.45) is 0 Å². The molecular formula is C24H47FN4O6. The zero-order valence-electron chi connectivity index (χ0n) is 21.7. The van der Waals surface area contributed by atoms with Crippen LogP contribution in [0.25, 0.3) is 0 Å². The van der Waals surface area contributed by atoms with E-state index >= 15 is 0 Å². The second-order valence-electron chi connectivity index (χ2n) is 8.45. The summed E-state index contributed by atoms with van der Waals surface area (Å²) in [5.74, 6) is -0.230. The lowest BCUT2D eigenvalue weighted by molar-refractivity contribution is -0.119. The summed E-state index contributed by atoms with van der Waals surface area (Å²) in [4.78, 5) is 15.5. The first-order valence-corrected chi connectivity index (χ1v) is 12.6. The Morgan fingerprint density at radius 1 is 0.771 bits per heavy atom. The quantitative estimate of drug-likeness (QED) is 0.190. The van der Waals surface area contributed by atoms with Crippen LogP contribution in [0.3, 0.4) is 0 Å². The van der Waals surface area contributed by atoms with E-state index in [-0.39, 0.29) is 19.1 Å². The van der Waals surface area contributed by atoms with E-state index in [4.69, 9.17) is 23.7 Å². The van der Waals surface area contributed by atoms with Crippen molar-refractivity contribution in [3.05, 3.63) is 12.3 Å². The van der Waals surface area contributed by atoms with E-state index in [1.165, 1.54) is 6.92 Å². The molecule has 206 valence electrons. The zero-order valence-corrected chi connectivity index (χ0v) is 21.7. The number of carbonyl (C=O) groups excluding carboxylic acids is 1. The Labute approximate surface area is 210 Å². The molecule has 1 amide bonds. The maximum absolute atomic E-state index is 13.5. The number of rotatable bonds is 23. The average molecular weight is 507 g/mol. The highest BCUT2D eigenvalue weighted by Crippen LogP contribution is 2.02. The molecule has 0 bridgehead atoms. The SMILES string of the molecule is C=C(C)NCCOCCOCCOCCOCCN1CCN(CCOCC(F)CNC(C)=O)CC1. The predicted molar refractivity (Wildman–Crippen MR) is 133 cm³/mol. The van der Waals surface area contributed by atoms with E-state index in [2.05, 4.69) is 27.0 Å². The minimum Gasteiger partial charge on any atom is -0.387 e. The number of nitrogens with one attached hydrogen (secondary N) is 2. The fourth-order valence-corrected chi connectivity index (χ4v) is 3.25. The van der Waals surface area contributed by atoms with Crippen LogP contribution in [-0.4, -0.2) is 140 Å². The number of alkyl halides is 1. The number of nitrogens with zero attached hydrogens (tertiary/aromatic N) is 2. The third kappa shape index (κ3) is 20.5. The van der Waals surface area contributed by atoms with Gasteiger partial charge in [-0.3, -0.25) is 14.6 Å². The van der Waals surface area contributed by atoms with Gasteiger partial charge in [0.2, 0.25) is 5.91 Å². The molecule has 1 heterocycles. The summed E-state index contributed by atoms with van der Waals surface area (Å²) in [6.45, 7) is 18.6. The minimum absolute atomic E-state index is 0.00181. The van der Waals surface area contributed by atoms with Gasteiger partial charge in [0.25, 0.3) is 0 Å². The van der Waals surface area contributed by atoms with Crippen LogP contribution in [0.1, 0.15) is 13.8 Å². The van der Waals surface area contributed by atoms with Gasteiger partial charge in [-0.2, -0.15) is 0 Å². The maximum atomic E-state index is 13.5. The third-order valence-corrected chi connectivity index (χ3v) is 5.23. The molecule has 0 aromatic heterocycles. The van der Waals surface area contributed by atoms with Crippen LogP contribution in [0.15, 0.2) is 12.3 Å². The first-order valence-electron chi connectivity index (χ1n) is 12.6. The number of carbonyl (C=O) groups is 1. The number of piperazine rings is 1. The van der Waals surface area contributed by atoms with E-state index in [1.54, 1.807) is 0 Å². The summed E-state index contributed by atoms with van der Waals surface area (Å²) in [6, 6.07) is 0. The Morgan fingerprint density at radius 2 is 1.23 bits per heavy atom. The van der Waals surface area contributed by atoms with Crippen LogP contribution < -0.4 is 10.6 Å². The normalized spacial score (nSPS) is 15.7. The van der Waals surface area contributed by atoms with E-state index < -0.39 is 6.17 Å². The van der Waals surface area contributed by atoms with Crippen LogP contribution in [0, 0.1) is 0 Å². The Bertz CT molecular complexity index is 538. The molecule has 1 saturated heterocycles. The molecule has 0 saturated carbocycles. The van der Waals surface area contributed by atoms with Crippen LogP contribution >= 0.6 is 0 Å². The highest BCUT2D eigenvalue weighted by Gasteiger charge is 2.16. The van der Waals surface area contributed by atoms with Gasteiger partial charge >= 0.3 is 0 Å². The van der Waals surface area contributed by atoms with Crippen LogP contribution in [-0.2, 0) is 28.5 Å². The van der Waals surface area contributed by atoms with Gasteiger partial charge in [-0.25, -0.2) is 4.39 Å². The van der Waals surface area contributed by atoms with Crippen molar-refractivity contribution in [3.63, 3.8) is 0 Å². The fourth-order valence-electron chi connectivity index (χ4n) is 3.25. The highest BCUT2D eigenvalue weighted by molar-refractivity contribution is 5.72. The molecule has 2 N–H and O–H groups in total. The van der Waals surface area contributed by atoms with Crippen molar-refractivity contribution < 1.29 is 32.9 Å². The fraction of sp³-hybridized carbons (Fsp3) is 0.875. The summed E-state index contributed by atoms with van der Waals surface area (Å²) in [6.07, 6.45) is -1.17. The van der Waals surface area contributed by atoms with E-state index in [9.17, 15) is 9.18 Å².